The predicted octanol–water partition coefficient (Wildman–Crippen LogP) is 2.52. The van der Waals surface area contributed by atoms with Gasteiger partial charge in [0, 0.05) is 32.7 Å². The highest BCUT2D eigenvalue weighted by molar-refractivity contribution is 14.0. The molecule has 0 aromatic heterocycles. The number of rotatable bonds is 9. The molecule has 1 aromatic rings. The van der Waals surface area contributed by atoms with Gasteiger partial charge in [-0.1, -0.05) is 25.5 Å². The van der Waals surface area contributed by atoms with Crippen LogP contribution in [0, 0.1) is 11.7 Å². The van der Waals surface area contributed by atoms with Gasteiger partial charge < -0.3 is 16.4 Å². The largest absolute Gasteiger partial charge is 0.369 e. The van der Waals surface area contributed by atoms with E-state index in [4.69, 9.17) is 5.73 Å². The Kier molecular flexibility index (Phi) is 12.1. The lowest BCUT2D eigenvalue weighted by Gasteiger charge is -2.35. The van der Waals surface area contributed by atoms with E-state index < -0.39 is 5.92 Å². The molecule has 29 heavy (non-hydrogen) atoms. The fourth-order valence-corrected chi connectivity index (χ4v) is 3.75. The molecule has 8 heteroatoms. The van der Waals surface area contributed by atoms with Crippen LogP contribution in [0.4, 0.5) is 4.39 Å². The number of nitrogens with zero attached hydrogens (tertiary/aromatic N) is 2. The number of hydrogen-bond acceptors (Lipinski definition) is 3. The number of carbonyl (C=O) groups excluding carboxylic acids is 1. The number of likely N-dealkylation sites (tertiary alicyclic amines) is 1. The number of piperidine rings is 1. The number of carbonyl (C=O) groups is 1. The van der Waals surface area contributed by atoms with E-state index in [0.29, 0.717) is 25.0 Å². The third kappa shape index (κ3) is 8.86. The van der Waals surface area contributed by atoms with E-state index >= 15 is 0 Å². The molecular formula is C21H35FIN5O. The average Bonchev–Trinajstić information content (AvgIpc) is 2.71. The van der Waals surface area contributed by atoms with E-state index in [1.54, 1.807) is 19.2 Å². The molecule has 2 rings (SSSR count). The lowest BCUT2D eigenvalue weighted by molar-refractivity contribution is -0.121. The molecule has 1 heterocycles. The van der Waals surface area contributed by atoms with Crippen molar-refractivity contribution in [2.24, 2.45) is 16.6 Å². The monoisotopic (exact) mass is 519 g/mol. The van der Waals surface area contributed by atoms with Gasteiger partial charge in [-0.05, 0) is 49.9 Å². The normalized spacial score (nSPS) is 18.6. The molecule has 0 aliphatic carbocycles. The zero-order valence-electron chi connectivity index (χ0n) is 17.5. The van der Waals surface area contributed by atoms with Crippen molar-refractivity contribution in [3.05, 3.63) is 35.6 Å². The van der Waals surface area contributed by atoms with Crippen LogP contribution in [0.3, 0.4) is 0 Å². The summed E-state index contributed by atoms with van der Waals surface area (Å²) in [6.07, 6.45) is 5.54. The number of primary amides is 1. The maximum atomic E-state index is 13.1. The van der Waals surface area contributed by atoms with E-state index in [1.807, 2.05) is 0 Å². The summed E-state index contributed by atoms with van der Waals surface area (Å²) in [6, 6.07) is 6.83. The van der Waals surface area contributed by atoms with Crippen molar-refractivity contribution in [1.29, 1.82) is 0 Å². The summed E-state index contributed by atoms with van der Waals surface area (Å²) < 4.78 is 13.1. The van der Waals surface area contributed by atoms with E-state index in [2.05, 4.69) is 27.4 Å². The van der Waals surface area contributed by atoms with E-state index in [1.165, 1.54) is 37.8 Å². The van der Waals surface area contributed by atoms with Crippen LogP contribution in [0.15, 0.2) is 29.3 Å². The predicted molar refractivity (Wildman–Crippen MR) is 127 cm³/mol. The maximum absolute atomic E-state index is 13.1. The number of guanidine groups is 1. The van der Waals surface area contributed by atoms with Gasteiger partial charge in [0.05, 0.1) is 5.92 Å². The summed E-state index contributed by atoms with van der Waals surface area (Å²) in [5.41, 5.74) is 6.43. The topological polar surface area (TPSA) is 82.8 Å². The van der Waals surface area contributed by atoms with Gasteiger partial charge >= 0.3 is 0 Å². The quantitative estimate of drug-likeness (QED) is 0.266. The van der Waals surface area contributed by atoms with Crippen molar-refractivity contribution >= 4 is 35.8 Å². The van der Waals surface area contributed by atoms with E-state index in [9.17, 15) is 9.18 Å². The molecule has 0 saturated carbocycles. The van der Waals surface area contributed by atoms with Gasteiger partial charge in [-0.3, -0.25) is 14.7 Å². The van der Waals surface area contributed by atoms with Crippen LogP contribution in [0.2, 0.25) is 0 Å². The van der Waals surface area contributed by atoms with Crippen molar-refractivity contribution in [2.75, 3.05) is 33.2 Å². The lowest BCUT2D eigenvalue weighted by atomic mass is 9.98. The van der Waals surface area contributed by atoms with Gasteiger partial charge in [-0.15, -0.1) is 24.0 Å². The van der Waals surface area contributed by atoms with Crippen LogP contribution in [0.25, 0.3) is 0 Å². The standard InChI is InChI=1S/C21H34FN5O.HI/c1-3-19-6-4-5-12-27(19)13-11-25-21(24-2)26-15-17(20(23)28)14-16-7-9-18(22)10-8-16;/h7-10,17,19H,3-6,11-15H2,1-2H3,(H2,23,28)(H2,24,25,26);1H. The fraction of sp³-hybridized carbons (Fsp3) is 0.619. The molecule has 1 aliphatic heterocycles. The first-order chi connectivity index (χ1) is 13.5. The molecule has 164 valence electrons. The molecule has 1 amide bonds. The molecule has 4 N–H and O–H groups in total. The summed E-state index contributed by atoms with van der Waals surface area (Å²) in [4.78, 5) is 18.6. The Hall–Kier alpha value is -1.42. The molecule has 1 aliphatic rings. The number of halogens is 2. The van der Waals surface area contributed by atoms with Gasteiger partial charge in [0.1, 0.15) is 5.82 Å². The highest BCUT2D eigenvalue weighted by Gasteiger charge is 2.20. The molecule has 0 spiro atoms. The Morgan fingerprint density at radius 1 is 1.31 bits per heavy atom. The van der Waals surface area contributed by atoms with E-state index in [-0.39, 0.29) is 35.7 Å². The molecule has 1 aromatic carbocycles. The van der Waals surface area contributed by atoms with E-state index in [0.717, 1.165) is 25.2 Å². The van der Waals surface area contributed by atoms with Crippen molar-refractivity contribution in [2.45, 2.75) is 45.1 Å². The van der Waals surface area contributed by atoms with Crippen molar-refractivity contribution in [1.82, 2.24) is 15.5 Å². The third-order valence-electron chi connectivity index (χ3n) is 5.45. The molecule has 1 saturated heterocycles. The van der Waals surface area contributed by atoms with Crippen molar-refractivity contribution in [3.63, 3.8) is 0 Å². The smallest absolute Gasteiger partial charge is 0.222 e. The molecule has 0 bridgehead atoms. The summed E-state index contributed by atoms with van der Waals surface area (Å²) in [7, 11) is 1.71. The second-order valence-electron chi connectivity index (χ2n) is 7.40. The Balaban J connectivity index is 0.00000420. The van der Waals surface area contributed by atoms with Crippen molar-refractivity contribution < 1.29 is 9.18 Å². The maximum Gasteiger partial charge on any atom is 0.222 e. The zero-order valence-corrected chi connectivity index (χ0v) is 19.8. The van der Waals surface area contributed by atoms with Crippen LogP contribution in [-0.2, 0) is 11.2 Å². The van der Waals surface area contributed by atoms with Gasteiger partial charge in [0.15, 0.2) is 5.96 Å². The van der Waals surface area contributed by atoms with Crippen LogP contribution in [0.1, 0.15) is 38.2 Å². The fourth-order valence-electron chi connectivity index (χ4n) is 3.75. The first kappa shape index (κ1) is 25.6. The summed E-state index contributed by atoms with van der Waals surface area (Å²) in [5, 5.41) is 6.51. The highest BCUT2D eigenvalue weighted by Crippen LogP contribution is 2.18. The number of aliphatic imine (C=N–C) groups is 1. The minimum absolute atomic E-state index is 0. The molecule has 6 nitrogen and oxygen atoms in total. The van der Waals surface area contributed by atoms with Crippen LogP contribution in [0.5, 0.6) is 0 Å². The zero-order chi connectivity index (χ0) is 20.4. The lowest BCUT2D eigenvalue weighted by Crippen LogP contribution is -2.47. The van der Waals surface area contributed by atoms with Gasteiger partial charge in [0.2, 0.25) is 5.91 Å². The Bertz CT molecular complexity index is 640. The Labute approximate surface area is 190 Å². The Morgan fingerprint density at radius 2 is 2.03 bits per heavy atom. The highest BCUT2D eigenvalue weighted by atomic mass is 127. The number of amides is 1. The Morgan fingerprint density at radius 3 is 2.66 bits per heavy atom. The number of hydrogen-bond donors (Lipinski definition) is 3. The minimum atomic E-state index is -0.393. The van der Waals surface area contributed by atoms with Crippen LogP contribution < -0.4 is 16.4 Å². The van der Waals surface area contributed by atoms with Gasteiger partial charge in [-0.2, -0.15) is 0 Å². The van der Waals surface area contributed by atoms with Crippen LogP contribution >= 0.6 is 24.0 Å². The summed E-state index contributed by atoms with van der Waals surface area (Å²) in [5.74, 6) is -0.404. The molecule has 0 radical (unpaired) electrons. The number of nitrogens with two attached hydrogens (primary N) is 1. The first-order valence-electron chi connectivity index (χ1n) is 10.3. The molecule has 2 unspecified atom stereocenters. The van der Waals surface area contributed by atoms with Gasteiger partial charge in [0.25, 0.3) is 0 Å². The molecule has 2 atom stereocenters. The number of benzene rings is 1. The second-order valence-corrected chi connectivity index (χ2v) is 7.40. The minimum Gasteiger partial charge on any atom is -0.369 e. The second kappa shape index (κ2) is 13.7. The number of nitrogens with one attached hydrogen (secondary N) is 2. The third-order valence-corrected chi connectivity index (χ3v) is 5.45. The summed E-state index contributed by atoms with van der Waals surface area (Å²) in [6.45, 7) is 5.58. The SMILES string of the molecule is CCC1CCCCN1CCNC(=NC)NCC(Cc1ccc(F)cc1)C(N)=O.I. The van der Waals surface area contributed by atoms with Gasteiger partial charge in [-0.25, -0.2) is 4.39 Å². The molecule has 1 fully saturated rings. The first-order valence-corrected chi connectivity index (χ1v) is 10.3. The van der Waals surface area contributed by atoms with Crippen molar-refractivity contribution in [3.8, 4) is 0 Å². The summed E-state index contributed by atoms with van der Waals surface area (Å²) >= 11 is 0. The van der Waals surface area contributed by atoms with Crippen LogP contribution in [-0.4, -0.2) is 56.0 Å². The average molecular weight is 519 g/mol. The molecular weight excluding hydrogens is 484 g/mol.